The van der Waals surface area contributed by atoms with Gasteiger partial charge in [-0.05, 0) is 56.7 Å². The maximum atomic E-state index is 4.38. The van der Waals surface area contributed by atoms with Crippen LogP contribution >= 0.6 is 0 Å². The molecule has 122 valence electrons. The molecule has 0 fully saturated rings. The summed E-state index contributed by atoms with van der Waals surface area (Å²) in [4.78, 5) is 10.8. The van der Waals surface area contributed by atoms with Gasteiger partial charge in [-0.3, -0.25) is 0 Å². The molecular weight excluding hydrogens is 296 g/mol. The molecule has 4 heteroatoms. The fourth-order valence-corrected chi connectivity index (χ4v) is 3.57. The third-order valence-electron chi connectivity index (χ3n) is 4.85. The van der Waals surface area contributed by atoms with Crippen LogP contribution in [0.3, 0.4) is 0 Å². The van der Waals surface area contributed by atoms with Crippen LogP contribution in [0.2, 0.25) is 0 Å². The molecule has 0 atom stereocenters. The number of allylic oxidation sites excluding steroid dienone is 1. The van der Waals surface area contributed by atoms with Gasteiger partial charge in [-0.25, -0.2) is 9.97 Å². The Morgan fingerprint density at radius 3 is 2.92 bits per heavy atom. The van der Waals surface area contributed by atoms with Crippen molar-refractivity contribution in [1.29, 1.82) is 0 Å². The molecule has 3 aromatic rings. The first-order valence-electron chi connectivity index (χ1n) is 8.39. The van der Waals surface area contributed by atoms with Crippen LogP contribution in [-0.4, -0.2) is 33.0 Å². The number of hydrogen-bond donors (Lipinski definition) is 0. The van der Waals surface area contributed by atoms with Crippen LogP contribution in [0.5, 0.6) is 0 Å². The molecule has 2 aromatic heterocycles. The van der Waals surface area contributed by atoms with E-state index in [1.165, 1.54) is 27.7 Å². The molecule has 0 unspecified atom stereocenters. The van der Waals surface area contributed by atoms with Gasteiger partial charge in [-0.2, -0.15) is 0 Å². The van der Waals surface area contributed by atoms with E-state index < -0.39 is 0 Å². The van der Waals surface area contributed by atoms with Gasteiger partial charge in [0.25, 0.3) is 0 Å². The quantitative estimate of drug-likeness (QED) is 0.722. The number of aromatic nitrogens is 3. The summed E-state index contributed by atoms with van der Waals surface area (Å²) >= 11 is 0. The summed E-state index contributed by atoms with van der Waals surface area (Å²) in [5.74, 6) is 0. The molecule has 1 aromatic carbocycles. The topological polar surface area (TPSA) is 34.0 Å². The number of benzene rings is 1. The lowest BCUT2D eigenvalue weighted by atomic mass is 10.0. The fraction of sp³-hybridized carbons (Fsp3) is 0.300. The molecule has 0 aliphatic carbocycles. The Kier molecular flexibility index (Phi) is 3.69. The summed E-state index contributed by atoms with van der Waals surface area (Å²) in [7, 11) is 2.19. The highest BCUT2D eigenvalue weighted by Gasteiger charge is 2.21. The van der Waals surface area contributed by atoms with Crippen molar-refractivity contribution in [3.63, 3.8) is 0 Å². The molecule has 4 rings (SSSR count). The van der Waals surface area contributed by atoms with Gasteiger partial charge in [-0.15, -0.1) is 0 Å². The maximum Gasteiger partial charge on any atom is 0.116 e. The molecule has 0 saturated carbocycles. The van der Waals surface area contributed by atoms with E-state index in [1.807, 2.05) is 6.07 Å². The normalized spacial score (nSPS) is 15.7. The van der Waals surface area contributed by atoms with Crippen molar-refractivity contribution in [2.24, 2.45) is 0 Å². The van der Waals surface area contributed by atoms with E-state index in [0.29, 0.717) is 0 Å². The van der Waals surface area contributed by atoms with Crippen LogP contribution in [-0.2, 0) is 13.0 Å². The number of likely N-dealkylation sites (N-methyl/N-ethyl adjacent to an activating group) is 1. The summed E-state index contributed by atoms with van der Waals surface area (Å²) < 4.78 is 2.36. The second-order valence-corrected chi connectivity index (χ2v) is 6.71. The molecule has 24 heavy (non-hydrogen) atoms. The largest absolute Gasteiger partial charge is 0.318 e. The van der Waals surface area contributed by atoms with Crippen LogP contribution in [0, 0.1) is 6.92 Å². The first-order valence-corrected chi connectivity index (χ1v) is 8.39. The molecule has 0 amide bonds. The van der Waals surface area contributed by atoms with E-state index >= 15 is 0 Å². The maximum absolute atomic E-state index is 4.38. The Bertz CT molecular complexity index is 922. The van der Waals surface area contributed by atoms with Crippen molar-refractivity contribution in [3.05, 3.63) is 59.3 Å². The Balaban J connectivity index is 1.93. The van der Waals surface area contributed by atoms with E-state index in [9.17, 15) is 0 Å². The van der Waals surface area contributed by atoms with Gasteiger partial charge in [0, 0.05) is 36.6 Å². The molecule has 3 heterocycles. The van der Waals surface area contributed by atoms with E-state index in [2.05, 4.69) is 64.7 Å². The lowest BCUT2D eigenvalue weighted by Gasteiger charge is -2.24. The standard InChI is InChI=1S/C20H22N4/c1-14-4-5-19-17(10-14)16-7-9-23(3)12-20(16)24(19)11-15(2)18-6-8-21-13-22-18/h4-6,8,10-11,13H,7,9,12H2,1-3H3/b15-11+. The number of nitrogens with zero attached hydrogens (tertiary/aromatic N) is 4. The Labute approximate surface area is 142 Å². The third kappa shape index (κ3) is 2.53. The smallest absolute Gasteiger partial charge is 0.116 e. The molecular formula is C20H22N4. The SMILES string of the molecule is C/C(=C\n1c2c(c3cc(C)ccc31)CCN(C)C2)c1ccncn1. The molecule has 1 aliphatic heterocycles. The zero-order valence-corrected chi connectivity index (χ0v) is 14.5. The van der Waals surface area contributed by atoms with Crippen molar-refractivity contribution in [3.8, 4) is 0 Å². The van der Waals surface area contributed by atoms with Gasteiger partial charge in [0.15, 0.2) is 0 Å². The second-order valence-electron chi connectivity index (χ2n) is 6.71. The predicted octanol–water partition coefficient (Wildman–Crippen LogP) is 3.75. The highest BCUT2D eigenvalue weighted by atomic mass is 15.1. The molecule has 0 saturated heterocycles. The first-order chi connectivity index (χ1) is 11.6. The van der Waals surface area contributed by atoms with Gasteiger partial charge >= 0.3 is 0 Å². The predicted molar refractivity (Wildman–Crippen MR) is 98.6 cm³/mol. The van der Waals surface area contributed by atoms with E-state index in [0.717, 1.165) is 30.8 Å². The fourth-order valence-electron chi connectivity index (χ4n) is 3.57. The van der Waals surface area contributed by atoms with Gasteiger partial charge in [0.1, 0.15) is 6.33 Å². The molecule has 0 spiro atoms. The summed E-state index contributed by atoms with van der Waals surface area (Å²) in [6.45, 7) is 6.38. The molecule has 1 aliphatic rings. The molecule has 4 nitrogen and oxygen atoms in total. The molecule has 0 N–H and O–H groups in total. The van der Waals surface area contributed by atoms with Crippen molar-refractivity contribution in [2.75, 3.05) is 13.6 Å². The number of aryl methyl sites for hydroxylation is 1. The minimum atomic E-state index is 0.969. The average molecular weight is 318 g/mol. The first kappa shape index (κ1) is 15.1. The zero-order valence-electron chi connectivity index (χ0n) is 14.5. The summed E-state index contributed by atoms with van der Waals surface area (Å²) in [5.41, 5.74) is 7.62. The second kappa shape index (κ2) is 5.87. The van der Waals surface area contributed by atoms with Crippen LogP contribution < -0.4 is 0 Å². The zero-order chi connectivity index (χ0) is 16.7. The van der Waals surface area contributed by atoms with Gasteiger partial charge in [0.2, 0.25) is 0 Å². The van der Waals surface area contributed by atoms with Crippen molar-refractivity contribution in [1.82, 2.24) is 19.4 Å². The van der Waals surface area contributed by atoms with Gasteiger partial charge in [0.05, 0.1) is 11.2 Å². The number of fused-ring (bicyclic) bond motifs is 3. The lowest BCUT2D eigenvalue weighted by molar-refractivity contribution is 0.308. The van der Waals surface area contributed by atoms with E-state index in [1.54, 1.807) is 12.5 Å². The summed E-state index contributed by atoms with van der Waals surface area (Å²) in [6.07, 6.45) is 6.73. The molecule has 0 bridgehead atoms. The Morgan fingerprint density at radius 2 is 2.12 bits per heavy atom. The highest BCUT2D eigenvalue weighted by molar-refractivity contribution is 5.90. The van der Waals surface area contributed by atoms with Crippen LogP contribution in [0.4, 0.5) is 0 Å². The van der Waals surface area contributed by atoms with Gasteiger partial charge < -0.3 is 9.47 Å². The van der Waals surface area contributed by atoms with Crippen LogP contribution in [0.25, 0.3) is 22.7 Å². The lowest BCUT2D eigenvalue weighted by Crippen LogP contribution is -2.27. The Hall–Kier alpha value is -2.46. The van der Waals surface area contributed by atoms with Crippen molar-refractivity contribution in [2.45, 2.75) is 26.8 Å². The Morgan fingerprint density at radius 1 is 1.25 bits per heavy atom. The minimum absolute atomic E-state index is 0.969. The minimum Gasteiger partial charge on any atom is -0.318 e. The van der Waals surface area contributed by atoms with Crippen molar-refractivity contribution < 1.29 is 0 Å². The van der Waals surface area contributed by atoms with Gasteiger partial charge in [-0.1, -0.05) is 11.6 Å². The number of hydrogen-bond acceptors (Lipinski definition) is 3. The van der Waals surface area contributed by atoms with Crippen LogP contribution in [0.15, 0.2) is 36.8 Å². The van der Waals surface area contributed by atoms with Crippen molar-refractivity contribution >= 4 is 22.7 Å². The summed E-state index contributed by atoms with van der Waals surface area (Å²) in [6, 6.07) is 8.72. The molecule has 0 radical (unpaired) electrons. The highest BCUT2D eigenvalue weighted by Crippen LogP contribution is 2.32. The monoisotopic (exact) mass is 318 g/mol. The third-order valence-corrected chi connectivity index (χ3v) is 4.85. The average Bonchev–Trinajstić information content (AvgIpc) is 2.88. The number of rotatable bonds is 2. The van der Waals surface area contributed by atoms with Crippen LogP contribution in [0.1, 0.15) is 29.4 Å². The summed E-state index contributed by atoms with van der Waals surface area (Å²) in [5, 5.41) is 1.39. The van der Waals surface area contributed by atoms with E-state index in [4.69, 9.17) is 0 Å². The van der Waals surface area contributed by atoms with E-state index in [-0.39, 0.29) is 0 Å².